The molecular formula is C14H27N3. The highest BCUT2D eigenvalue weighted by molar-refractivity contribution is 5.81. The van der Waals surface area contributed by atoms with E-state index >= 15 is 0 Å². The van der Waals surface area contributed by atoms with E-state index in [1.807, 2.05) is 0 Å². The molecule has 1 aliphatic heterocycles. The van der Waals surface area contributed by atoms with Crippen molar-refractivity contribution in [1.29, 1.82) is 0 Å². The van der Waals surface area contributed by atoms with Crippen molar-refractivity contribution in [3.63, 3.8) is 0 Å². The van der Waals surface area contributed by atoms with Crippen LogP contribution < -0.4 is 5.73 Å². The zero-order chi connectivity index (χ0) is 12.5. The maximum absolute atomic E-state index is 6.07. The van der Waals surface area contributed by atoms with Gasteiger partial charge in [0, 0.05) is 6.54 Å². The molecule has 2 aliphatic rings. The molecule has 17 heavy (non-hydrogen) atoms. The Labute approximate surface area is 105 Å². The van der Waals surface area contributed by atoms with Crippen molar-refractivity contribution in [2.45, 2.75) is 58.4 Å². The molecule has 0 bridgehead atoms. The van der Waals surface area contributed by atoms with Crippen molar-refractivity contribution in [3.8, 4) is 0 Å². The van der Waals surface area contributed by atoms with Gasteiger partial charge in [-0.15, -0.1) is 0 Å². The SMILES string of the molecule is CCCN1C(N)=NCC12CCCC(C(C)C)C2. The molecular weight excluding hydrogens is 210 g/mol. The predicted octanol–water partition coefficient (Wildman–Crippen LogP) is 2.61. The summed E-state index contributed by atoms with van der Waals surface area (Å²) in [6.07, 6.45) is 6.45. The number of hydrogen-bond donors (Lipinski definition) is 1. The number of guanidine groups is 1. The highest BCUT2D eigenvalue weighted by Gasteiger charge is 2.45. The molecule has 0 aromatic rings. The van der Waals surface area contributed by atoms with Crippen molar-refractivity contribution in [2.24, 2.45) is 22.6 Å². The lowest BCUT2D eigenvalue weighted by Crippen LogP contribution is -2.54. The summed E-state index contributed by atoms with van der Waals surface area (Å²) in [7, 11) is 0. The second-order valence-electron chi connectivity index (χ2n) is 6.15. The highest BCUT2D eigenvalue weighted by Crippen LogP contribution is 2.42. The van der Waals surface area contributed by atoms with Crippen molar-refractivity contribution in [1.82, 2.24) is 4.90 Å². The summed E-state index contributed by atoms with van der Waals surface area (Å²) in [6, 6.07) is 0. The normalized spacial score (nSPS) is 33.5. The van der Waals surface area contributed by atoms with E-state index in [1.165, 1.54) is 25.7 Å². The first-order valence-corrected chi connectivity index (χ1v) is 7.16. The van der Waals surface area contributed by atoms with Crippen LogP contribution in [0.15, 0.2) is 4.99 Å². The fourth-order valence-corrected chi connectivity index (χ4v) is 3.56. The Morgan fingerprint density at radius 2 is 2.29 bits per heavy atom. The standard InChI is InChI=1S/C14H27N3/c1-4-8-17-13(15)16-10-14(17)7-5-6-12(9-14)11(2)3/h11-12H,4-10H2,1-3H3,(H2,15,16). The van der Waals surface area contributed by atoms with Crippen molar-refractivity contribution in [3.05, 3.63) is 0 Å². The van der Waals surface area contributed by atoms with Gasteiger partial charge in [-0.25, -0.2) is 0 Å². The number of nitrogens with two attached hydrogens (primary N) is 1. The molecule has 2 rings (SSSR count). The van der Waals surface area contributed by atoms with Gasteiger partial charge in [0.1, 0.15) is 0 Å². The maximum atomic E-state index is 6.07. The molecule has 3 heteroatoms. The quantitative estimate of drug-likeness (QED) is 0.820. The van der Waals surface area contributed by atoms with Crippen LogP contribution >= 0.6 is 0 Å². The van der Waals surface area contributed by atoms with Crippen LogP contribution in [-0.4, -0.2) is 29.5 Å². The molecule has 0 aromatic heterocycles. The third-order valence-corrected chi connectivity index (χ3v) is 4.63. The molecule has 1 aliphatic carbocycles. The van der Waals surface area contributed by atoms with Crippen molar-refractivity contribution < 1.29 is 0 Å². The first-order valence-electron chi connectivity index (χ1n) is 7.16. The lowest BCUT2D eigenvalue weighted by molar-refractivity contribution is 0.0896. The van der Waals surface area contributed by atoms with Gasteiger partial charge in [0.25, 0.3) is 0 Å². The molecule has 0 aromatic carbocycles. The smallest absolute Gasteiger partial charge is 0.191 e. The van der Waals surface area contributed by atoms with Gasteiger partial charge in [0.2, 0.25) is 0 Å². The molecule has 1 spiro atoms. The average Bonchev–Trinajstić information content (AvgIpc) is 2.59. The minimum absolute atomic E-state index is 0.271. The summed E-state index contributed by atoms with van der Waals surface area (Å²) in [5.41, 5.74) is 6.34. The molecule has 2 unspecified atom stereocenters. The van der Waals surface area contributed by atoms with Gasteiger partial charge < -0.3 is 10.6 Å². The Hall–Kier alpha value is -0.730. The van der Waals surface area contributed by atoms with Crippen LogP contribution in [0.4, 0.5) is 0 Å². The lowest BCUT2D eigenvalue weighted by Gasteiger charge is -2.46. The zero-order valence-electron chi connectivity index (χ0n) is 11.6. The number of nitrogens with zero attached hydrogens (tertiary/aromatic N) is 2. The zero-order valence-corrected chi connectivity index (χ0v) is 11.6. The minimum Gasteiger partial charge on any atom is -0.370 e. The van der Waals surface area contributed by atoms with Crippen LogP contribution in [-0.2, 0) is 0 Å². The third kappa shape index (κ3) is 2.29. The molecule has 3 nitrogen and oxygen atoms in total. The fraction of sp³-hybridized carbons (Fsp3) is 0.929. The van der Waals surface area contributed by atoms with E-state index in [4.69, 9.17) is 5.73 Å². The third-order valence-electron chi connectivity index (χ3n) is 4.63. The predicted molar refractivity (Wildman–Crippen MR) is 73.0 cm³/mol. The van der Waals surface area contributed by atoms with E-state index in [1.54, 1.807) is 0 Å². The summed E-state index contributed by atoms with van der Waals surface area (Å²) >= 11 is 0. The molecule has 2 N–H and O–H groups in total. The largest absolute Gasteiger partial charge is 0.370 e. The van der Waals surface area contributed by atoms with Gasteiger partial charge in [0.05, 0.1) is 12.1 Å². The lowest BCUT2D eigenvalue weighted by atomic mass is 9.71. The Balaban J connectivity index is 2.12. The number of hydrogen-bond acceptors (Lipinski definition) is 3. The number of rotatable bonds is 3. The van der Waals surface area contributed by atoms with Crippen molar-refractivity contribution >= 4 is 5.96 Å². The summed E-state index contributed by atoms with van der Waals surface area (Å²) in [4.78, 5) is 6.93. The van der Waals surface area contributed by atoms with Gasteiger partial charge in [-0.3, -0.25) is 4.99 Å². The first-order chi connectivity index (χ1) is 8.09. The topological polar surface area (TPSA) is 41.6 Å². The Morgan fingerprint density at radius 1 is 1.53 bits per heavy atom. The minimum atomic E-state index is 0.271. The highest BCUT2D eigenvalue weighted by atomic mass is 15.4. The summed E-state index contributed by atoms with van der Waals surface area (Å²) < 4.78 is 0. The van der Waals surface area contributed by atoms with E-state index in [0.717, 1.165) is 37.3 Å². The second-order valence-corrected chi connectivity index (χ2v) is 6.15. The molecule has 1 saturated carbocycles. The van der Waals surface area contributed by atoms with Gasteiger partial charge in [0.15, 0.2) is 5.96 Å². The summed E-state index contributed by atoms with van der Waals surface area (Å²) in [5.74, 6) is 2.43. The monoisotopic (exact) mass is 237 g/mol. The van der Waals surface area contributed by atoms with E-state index in [-0.39, 0.29) is 5.54 Å². The molecule has 98 valence electrons. The fourth-order valence-electron chi connectivity index (χ4n) is 3.56. The average molecular weight is 237 g/mol. The van der Waals surface area contributed by atoms with Crippen LogP contribution in [0.5, 0.6) is 0 Å². The van der Waals surface area contributed by atoms with Crippen LogP contribution in [0.2, 0.25) is 0 Å². The van der Waals surface area contributed by atoms with E-state index in [2.05, 4.69) is 30.7 Å². The molecule has 0 amide bonds. The van der Waals surface area contributed by atoms with Crippen LogP contribution in [0.25, 0.3) is 0 Å². The maximum Gasteiger partial charge on any atom is 0.191 e. The van der Waals surface area contributed by atoms with Crippen molar-refractivity contribution in [2.75, 3.05) is 13.1 Å². The van der Waals surface area contributed by atoms with Gasteiger partial charge in [-0.05, 0) is 31.1 Å². The van der Waals surface area contributed by atoms with E-state index in [9.17, 15) is 0 Å². The Kier molecular flexibility index (Phi) is 3.64. The van der Waals surface area contributed by atoms with E-state index in [0.29, 0.717) is 0 Å². The van der Waals surface area contributed by atoms with Crippen LogP contribution in [0, 0.1) is 11.8 Å². The Morgan fingerprint density at radius 3 is 2.94 bits per heavy atom. The second kappa shape index (κ2) is 4.87. The Bertz CT molecular complexity index is 298. The summed E-state index contributed by atoms with van der Waals surface area (Å²) in [6.45, 7) is 8.93. The molecule has 0 saturated heterocycles. The number of aliphatic imine (C=N–C) groups is 1. The molecule has 2 atom stereocenters. The van der Waals surface area contributed by atoms with Gasteiger partial charge in [-0.2, -0.15) is 0 Å². The summed E-state index contributed by atoms with van der Waals surface area (Å²) in [5, 5.41) is 0. The molecule has 1 fully saturated rings. The van der Waals surface area contributed by atoms with Gasteiger partial charge in [-0.1, -0.05) is 33.6 Å². The first kappa shape index (κ1) is 12.7. The van der Waals surface area contributed by atoms with Crippen LogP contribution in [0.1, 0.15) is 52.9 Å². The molecule has 1 heterocycles. The molecule has 0 radical (unpaired) electrons. The van der Waals surface area contributed by atoms with E-state index < -0.39 is 0 Å². The van der Waals surface area contributed by atoms with Gasteiger partial charge >= 0.3 is 0 Å². The van der Waals surface area contributed by atoms with Crippen LogP contribution in [0.3, 0.4) is 0 Å².